The number of piperidine rings is 1. The molecule has 0 aliphatic carbocycles. The highest BCUT2D eigenvalue weighted by Gasteiger charge is 2.38. The molecule has 28 heavy (non-hydrogen) atoms. The summed E-state index contributed by atoms with van der Waals surface area (Å²) in [5, 5.41) is 22.5. The first-order valence-electron chi connectivity index (χ1n) is 8.08. The van der Waals surface area contributed by atoms with Gasteiger partial charge in [-0.15, -0.1) is 0 Å². The van der Waals surface area contributed by atoms with E-state index in [0.717, 1.165) is 25.9 Å². The van der Waals surface area contributed by atoms with Gasteiger partial charge in [0.2, 0.25) is 0 Å². The Morgan fingerprint density at radius 3 is 2.25 bits per heavy atom. The fourth-order valence-corrected chi connectivity index (χ4v) is 2.31. The molecule has 0 spiro atoms. The number of aromatic nitrogens is 1. The van der Waals surface area contributed by atoms with E-state index in [4.69, 9.17) is 19.5 Å². The summed E-state index contributed by atoms with van der Waals surface area (Å²) >= 11 is 0. The van der Waals surface area contributed by atoms with E-state index in [1.54, 1.807) is 13.0 Å². The second kappa shape index (κ2) is 9.88. The molecule has 156 valence electrons. The van der Waals surface area contributed by atoms with E-state index < -0.39 is 18.1 Å². The summed E-state index contributed by atoms with van der Waals surface area (Å²) in [7, 11) is 0. The average Bonchev–Trinajstić information content (AvgIpc) is 3.03. The Hall–Kier alpha value is -2.89. The molecule has 1 aliphatic rings. The van der Waals surface area contributed by atoms with Crippen molar-refractivity contribution in [2.24, 2.45) is 0 Å². The average molecular weight is 407 g/mol. The molecule has 12 heteroatoms. The summed E-state index contributed by atoms with van der Waals surface area (Å²) in [6.07, 6.45) is -3.54. The van der Waals surface area contributed by atoms with E-state index in [0.29, 0.717) is 12.3 Å². The lowest BCUT2D eigenvalue weighted by molar-refractivity contribution is -0.192. The molecule has 1 saturated heterocycles. The summed E-state index contributed by atoms with van der Waals surface area (Å²) in [6, 6.07) is 1.67. The fraction of sp³-hybridized carbons (Fsp3) is 0.500. The monoisotopic (exact) mass is 407 g/mol. The molecule has 0 atom stereocenters. The van der Waals surface area contributed by atoms with Crippen LogP contribution in [0.2, 0.25) is 0 Å². The lowest BCUT2D eigenvalue weighted by Crippen LogP contribution is -2.45. The van der Waals surface area contributed by atoms with Crippen LogP contribution in [0.5, 0.6) is 0 Å². The molecular weight excluding hydrogens is 387 g/mol. The second-order valence-electron chi connectivity index (χ2n) is 6.06. The summed E-state index contributed by atoms with van der Waals surface area (Å²) in [4.78, 5) is 33.6. The molecule has 1 aromatic rings. The van der Waals surface area contributed by atoms with Gasteiger partial charge < -0.3 is 20.1 Å². The lowest BCUT2D eigenvalue weighted by Gasteiger charge is -2.32. The first kappa shape index (κ1) is 23.1. The van der Waals surface area contributed by atoms with Crippen LogP contribution in [0.1, 0.15) is 29.1 Å². The third kappa shape index (κ3) is 7.78. The molecule has 0 saturated carbocycles. The molecular formula is C16H20F3N3O6. The Bertz CT molecular complexity index is 723. The van der Waals surface area contributed by atoms with E-state index >= 15 is 0 Å². The van der Waals surface area contributed by atoms with Crippen LogP contribution in [0.4, 0.5) is 13.2 Å². The molecule has 2 rings (SSSR count). The van der Waals surface area contributed by atoms with Gasteiger partial charge in [-0.1, -0.05) is 11.7 Å². The van der Waals surface area contributed by atoms with E-state index in [9.17, 15) is 22.8 Å². The van der Waals surface area contributed by atoms with Gasteiger partial charge in [-0.25, -0.2) is 9.59 Å². The number of aryl methyl sites for hydroxylation is 1. The summed E-state index contributed by atoms with van der Waals surface area (Å²) in [6.45, 7) is 7.08. The molecule has 3 N–H and O–H groups in total. The predicted octanol–water partition coefficient (Wildman–Crippen LogP) is 1.45. The van der Waals surface area contributed by atoms with Crippen molar-refractivity contribution < 1.29 is 42.3 Å². The highest BCUT2D eigenvalue weighted by Crippen LogP contribution is 2.13. The molecule has 0 aromatic carbocycles. The number of amides is 1. The Balaban J connectivity index is 0.000000480. The zero-order valence-corrected chi connectivity index (χ0v) is 15.0. The van der Waals surface area contributed by atoms with Crippen molar-refractivity contribution in [3.63, 3.8) is 0 Å². The van der Waals surface area contributed by atoms with E-state index in [1.165, 1.54) is 0 Å². The minimum atomic E-state index is -5.08. The first-order chi connectivity index (χ1) is 12.9. The molecule has 9 nitrogen and oxygen atoms in total. The zero-order valence-electron chi connectivity index (χ0n) is 15.0. The Morgan fingerprint density at radius 1 is 1.32 bits per heavy atom. The number of halogens is 3. The van der Waals surface area contributed by atoms with Crippen LogP contribution in [0, 0.1) is 6.92 Å². The summed E-state index contributed by atoms with van der Waals surface area (Å²) < 4.78 is 36.6. The maximum atomic E-state index is 11.9. The van der Waals surface area contributed by atoms with Crippen LogP contribution in [0.3, 0.4) is 0 Å². The maximum absolute atomic E-state index is 11.9. The maximum Gasteiger partial charge on any atom is 0.490 e. The first-order valence-corrected chi connectivity index (χ1v) is 8.08. The molecule has 0 radical (unpaired) electrons. The normalized spacial score (nSPS) is 15.3. The van der Waals surface area contributed by atoms with Crippen LogP contribution >= 0.6 is 0 Å². The number of alkyl halides is 3. The van der Waals surface area contributed by atoms with Crippen LogP contribution < -0.4 is 5.32 Å². The van der Waals surface area contributed by atoms with Crippen molar-refractivity contribution in [1.82, 2.24) is 15.4 Å². The van der Waals surface area contributed by atoms with Crippen molar-refractivity contribution in [2.75, 3.05) is 19.6 Å². The number of aliphatic carboxylic acids is 2. The van der Waals surface area contributed by atoms with Crippen molar-refractivity contribution in [3.05, 3.63) is 29.7 Å². The smallest absolute Gasteiger partial charge is 0.478 e. The highest BCUT2D eigenvalue weighted by atomic mass is 19.4. The number of carbonyl (C=O) groups is 3. The quantitative estimate of drug-likeness (QED) is 0.625. The number of rotatable bonds is 5. The number of carboxylic acids is 2. The molecule has 0 unspecified atom stereocenters. The van der Waals surface area contributed by atoms with Crippen LogP contribution in [-0.4, -0.2) is 70.0 Å². The minimum Gasteiger partial charge on any atom is -0.478 e. The van der Waals surface area contributed by atoms with Gasteiger partial charge in [0.05, 0.1) is 0 Å². The van der Waals surface area contributed by atoms with Crippen LogP contribution in [-0.2, 0) is 9.59 Å². The van der Waals surface area contributed by atoms with Crippen LogP contribution in [0.25, 0.3) is 0 Å². The Morgan fingerprint density at radius 2 is 1.86 bits per heavy atom. The molecule has 0 bridgehead atoms. The number of carbonyl (C=O) groups excluding carboxylic acids is 1. The standard InChI is InChI=1S/C14H19N3O4.C2HF3O2/c1-9(14(19)20)8-17-5-3-11(4-6-17)15-13(18)12-7-10(2)21-16-12;3-2(4,5)1(6)7/h7,11H,1,3-6,8H2,2H3,(H,15,18)(H,19,20);(H,6,7). The van der Waals surface area contributed by atoms with Gasteiger partial charge in [0.15, 0.2) is 5.69 Å². The number of nitrogens with zero attached hydrogens (tertiary/aromatic N) is 2. The van der Waals surface area contributed by atoms with Gasteiger partial charge in [0.25, 0.3) is 5.91 Å². The molecule has 1 fully saturated rings. The van der Waals surface area contributed by atoms with E-state index in [2.05, 4.69) is 17.1 Å². The number of nitrogens with one attached hydrogen (secondary N) is 1. The third-order valence-electron chi connectivity index (χ3n) is 3.74. The molecule has 1 aromatic heterocycles. The van der Waals surface area contributed by atoms with E-state index in [1.807, 2.05) is 4.90 Å². The lowest BCUT2D eigenvalue weighted by atomic mass is 10.0. The second-order valence-corrected chi connectivity index (χ2v) is 6.06. The van der Waals surface area contributed by atoms with Gasteiger partial charge in [-0.3, -0.25) is 9.69 Å². The minimum absolute atomic E-state index is 0.0730. The largest absolute Gasteiger partial charge is 0.490 e. The summed E-state index contributed by atoms with van der Waals surface area (Å²) in [5.74, 6) is -3.36. The number of hydrogen-bond acceptors (Lipinski definition) is 6. The van der Waals surface area contributed by atoms with E-state index in [-0.39, 0.29) is 23.2 Å². The van der Waals surface area contributed by atoms with Crippen LogP contribution in [0.15, 0.2) is 22.7 Å². The van der Waals surface area contributed by atoms with Gasteiger partial charge >= 0.3 is 18.1 Å². The highest BCUT2D eigenvalue weighted by molar-refractivity contribution is 5.92. The Labute approximate surface area is 157 Å². The number of likely N-dealkylation sites (tertiary alicyclic amines) is 1. The molecule has 1 amide bonds. The molecule has 1 aliphatic heterocycles. The number of hydrogen-bond donors (Lipinski definition) is 3. The van der Waals surface area contributed by atoms with Crippen molar-refractivity contribution in [1.29, 1.82) is 0 Å². The SMILES string of the molecule is C=C(CN1CCC(NC(=O)c2cc(C)on2)CC1)C(=O)O.O=C(O)C(F)(F)F. The van der Waals surface area contributed by atoms with Gasteiger partial charge in [0, 0.05) is 37.3 Å². The summed E-state index contributed by atoms with van der Waals surface area (Å²) in [5.41, 5.74) is 0.477. The topological polar surface area (TPSA) is 133 Å². The number of carboxylic acid groups (broad SMARTS) is 2. The van der Waals surface area contributed by atoms with Gasteiger partial charge in [0.1, 0.15) is 5.76 Å². The van der Waals surface area contributed by atoms with Crippen molar-refractivity contribution in [3.8, 4) is 0 Å². The molecule has 2 heterocycles. The van der Waals surface area contributed by atoms with Gasteiger partial charge in [-0.2, -0.15) is 13.2 Å². The Kier molecular flexibility index (Phi) is 8.16. The third-order valence-corrected chi connectivity index (χ3v) is 3.74. The predicted molar refractivity (Wildman–Crippen MR) is 88.6 cm³/mol. The van der Waals surface area contributed by atoms with Crippen molar-refractivity contribution >= 4 is 17.8 Å². The fourth-order valence-electron chi connectivity index (χ4n) is 2.31. The zero-order chi connectivity index (χ0) is 21.5. The van der Waals surface area contributed by atoms with Crippen molar-refractivity contribution in [2.45, 2.75) is 32.0 Å². The van der Waals surface area contributed by atoms with Gasteiger partial charge in [-0.05, 0) is 19.8 Å².